The highest BCUT2D eigenvalue weighted by Gasteiger charge is 2.32. The first-order chi connectivity index (χ1) is 15.0. The SMILES string of the molecule is O=C(NCc1ccccc1CO)C1CCN(S(=O)(=O)c2ccc3ccccc3c2)CC1. The minimum Gasteiger partial charge on any atom is -0.392 e. The van der Waals surface area contributed by atoms with Gasteiger partial charge in [-0.3, -0.25) is 4.79 Å². The zero-order valence-corrected chi connectivity index (χ0v) is 18.0. The van der Waals surface area contributed by atoms with E-state index < -0.39 is 10.0 Å². The molecule has 7 heteroatoms. The molecule has 0 aliphatic carbocycles. The third kappa shape index (κ3) is 4.63. The molecule has 1 aliphatic rings. The minimum atomic E-state index is -3.59. The van der Waals surface area contributed by atoms with E-state index in [9.17, 15) is 18.3 Å². The minimum absolute atomic E-state index is 0.0724. The van der Waals surface area contributed by atoms with Crippen molar-refractivity contribution in [3.63, 3.8) is 0 Å². The number of carbonyl (C=O) groups is 1. The van der Waals surface area contributed by atoms with Crippen molar-refractivity contribution in [2.24, 2.45) is 5.92 Å². The Morgan fingerprint density at radius 2 is 1.58 bits per heavy atom. The fourth-order valence-electron chi connectivity index (χ4n) is 4.05. The van der Waals surface area contributed by atoms with E-state index in [1.807, 2.05) is 54.6 Å². The van der Waals surface area contributed by atoms with Crippen LogP contribution in [0.2, 0.25) is 0 Å². The van der Waals surface area contributed by atoms with E-state index in [2.05, 4.69) is 5.32 Å². The average molecular weight is 439 g/mol. The molecule has 2 N–H and O–H groups in total. The van der Waals surface area contributed by atoms with Crippen molar-refractivity contribution < 1.29 is 18.3 Å². The summed E-state index contributed by atoms with van der Waals surface area (Å²) in [4.78, 5) is 12.9. The smallest absolute Gasteiger partial charge is 0.243 e. The monoisotopic (exact) mass is 438 g/mol. The summed E-state index contributed by atoms with van der Waals surface area (Å²) < 4.78 is 27.7. The summed E-state index contributed by atoms with van der Waals surface area (Å²) in [6.45, 7) is 0.920. The van der Waals surface area contributed by atoms with Crippen molar-refractivity contribution in [2.75, 3.05) is 13.1 Å². The maximum absolute atomic E-state index is 13.1. The van der Waals surface area contributed by atoms with Crippen molar-refractivity contribution in [3.8, 4) is 0 Å². The van der Waals surface area contributed by atoms with Gasteiger partial charge in [0.2, 0.25) is 15.9 Å². The highest BCUT2D eigenvalue weighted by Crippen LogP contribution is 2.26. The van der Waals surface area contributed by atoms with Crippen LogP contribution in [0.4, 0.5) is 0 Å². The Morgan fingerprint density at radius 3 is 2.29 bits per heavy atom. The van der Waals surface area contributed by atoms with Crippen LogP contribution in [0.3, 0.4) is 0 Å². The van der Waals surface area contributed by atoms with E-state index in [4.69, 9.17) is 0 Å². The molecule has 1 fully saturated rings. The van der Waals surface area contributed by atoms with Crippen molar-refractivity contribution >= 4 is 26.7 Å². The first-order valence-corrected chi connectivity index (χ1v) is 11.9. The van der Waals surface area contributed by atoms with Gasteiger partial charge in [0.05, 0.1) is 11.5 Å². The Hall–Kier alpha value is -2.74. The molecule has 0 bridgehead atoms. The van der Waals surface area contributed by atoms with Gasteiger partial charge in [-0.15, -0.1) is 0 Å². The number of benzene rings is 3. The number of carbonyl (C=O) groups excluding carboxylic acids is 1. The van der Waals surface area contributed by atoms with E-state index in [0.717, 1.165) is 21.9 Å². The van der Waals surface area contributed by atoms with Crippen LogP contribution in [-0.2, 0) is 28.0 Å². The van der Waals surface area contributed by atoms with Crippen molar-refractivity contribution in [1.82, 2.24) is 9.62 Å². The van der Waals surface area contributed by atoms with Crippen molar-refractivity contribution in [3.05, 3.63) is 77.9 Å². The molecule has 6 nitrogen and oxygen atoms in total. The highest BCUT2D eigenvalue weighted by molar-refractivity contribution is 7.89. The van der Waals surface area contributed by atoms with Crippen LogP contribution in [0.15, 0.2) is 71.6 Å². The Morgan fingerprint density at radius 1 is 0.935 bits per heavy atom. The topological polar surface area (TPSA) is 86.7 Å². The van der Waals surface area contributed by atoms with Crippen molar-refractivity contribution in [2.45, 2.75) is 30.9 Å². The number of aliphatic hydroxyl groups excluding tert-OH is 1. The quantitative estimate of drug-likeness (QED) is 0.619. The van der Waals surface area contributed by atoms with E-state index >= 15 is 0 Å². The third-order valence-corrected chi connectivity index (χ3v) is 7.82. The number of fused-ring (bicyclic) bond motifs is 1. The van der Waals surface area contributed by atoms with Crippen LogP contribution in [-0.4, -0.2) is 36.8 Å². The molecule has 0 saturated carbocycles. The number of rotatable bonds is 6. The second-order valence-corrected chi connectivity index (χ2v) is 9.77. The Labute approximate surface area is 182 Å². The fraction of sp³-hybridized carbons (Fsp3) is 0.292. The van der Waals surface area contributed by atoms with Crippen LogP contribution < -0.4 is 5.32 Å². The van der Waals surface area contributed by atoms with Gasteiger partial charge in [-0.2, -0.15) is 4.31 Å². The number of sulfonamides is 1. The molecule has 0 spiro atoms. The van der Waals surface area contributed by atoms with Gasteiger partial charge in [-0.05, 0) is 46.9 Å². The first kappa shape index (κ1) is 21.5. The zero-order valence-electron chi connectivity index (χ0n) is 17.2. The third-order valence-electron chi connectivity index (χ3n) is 5.93. The van der Waals surface area contributed by atoms with Crippen LogP contribution in [0.5, 0.6) is 0 Å². The van der Waals surface area contributed by atoms with Crippen LogP contribution in [0.1, 0.15) is 24.0 Å². The summed E-state index contributed by atoms with van der Waals surface area (Å²) in [7, 11) is -3.59. The van der Waals surface area contributed by atoms with E-state index in [0.29, 0.717) is 32.5 Å². The number of hydrogen-bond donors (Lipinski definition) is 2. The average Bonchev–Trinajstić information content (AvgIpc) is 2.82. The lowest BCUT2D eigenvalue weighted by Gasteiger charge is -2.30. The van der Waals surface area contributed by atoms with E-state index in [-0.39, 0.29) is 23.3 Å². The molecule has 1 saturated heterocycles. The van der Waals surface area contributed by atoms with Gasteiger partial charge in [-0.1, -0.05) is 54.6 Å². The van der Waals surface area contributed by atoms with Gasteiger partial charge in [0, 0.05) is 25.6 Å². The second kappa shape index (κ2) is 9.18. The van der Waals surface area contributed by atoms with Gasteiger partial charge in [0.25, 0.3) is 0 Å². The predicted octanol–water partition coefficient (Wildman–Crippen LogP) is 3.05. The number of aliphatic hydroxyl groups is 1. The van der Waals surface area contributed by atoms with Crippen LogP contribution >= 0.6 is 0 Å². The Kier molecular flexibility index (Phi) is 6.36. The van der Waals surface area contributed by atoms with E-state index in [1.54, 1.807) is 12.1 Å². The molecule has 4 rings (SSSR count). The van der Waals surface area contributed by atoms with Gasteiger partial charge in [0.15, 0.2) is 0 Å². The van der Waals surface area contributed by atoms with Crippen LogP contribution in [0, 0.1) is 5.92 Å². The summed E-state index contributed by atoms with van der Waals surface area (Å²) in [5.41, 5.74) is 1.67. The zero-order chi connectivity index (χ0) is 21.8. The molecule has 0 aromatic heterocycles. The van der Waals surface area contributed by atoms with Crippen LogP contribution in [0.25, 0.3) is 10.8 Å². The molecule has 31 heavy (non-hydrogen) atoms. The largest absolute Gasteiger partial charge is 0.392 e. The van der Waals surface area contributed by atoms with E-state index in [1.165, 1.54) is 4.31 Å². The molecule has 1 aliphatic heterocycles. The lowest BCUT2D eigenvalue weighted by Crippen LogP contribution is -2.42. The van der Waals surface area contributed by atoms with Gasteiger partial charge in [0.1, 0.15) is 0 Å². The van der Waals surface area contributed by atoms with Crippen molar-refractivity contribution in [1.29, 1.82) is 0 Å². The maximum atomic E-state index is 13.1. The molecule has 1 heterocycles. The molecule has 162 valence electrons. The molecular weight excluding hydrogens is 412 g/mol. The maximum Gasteiger partial charge on any atom is 0.243 e. The fourth-order valence-corrected chi connectivity index (χ4v) is 5.55. The predicted molar refractivity (Wildman–Crippen MR) is 120 cm³/mol. The molecular formula is C24H26N2O4S. The summed E-state index contributed by atoms with van der Waals surface area (Å²) in [5, 5.41) is 14.2. The van der Waals surface area contributed by atoms with Gasteiger partial charge >= 0.3 is 0 Å². The second-order valence-electron chi connectivity index (χ2n) is 7.83. The Bertz CT molecular complexity index is 1180. The molecule has 0 atom stereocenters. The lowest BCUT2D eigenvalue weighted by molar-refractivity contribution is -0.126. The molecule has 3 aromatic rings. The number of amides is 1. The van der Waals surface area contributed by atoms with Gasteiger partial charge < -0.3 is 10.4 Å². The molecule has 0 radical (unpaired) electrons. The summed E-state index contributed by atoms with van der Waals surface area (Å²) in [6, 6.07) is 20.3. The summed E-state index contributed by atoms with van der Waals surface area (Å²) in [6.07, 6.45) is 0.973. The molecule has 1 amide bonds. The number of nitrogens with zero attached hydrogens (tertiary/aromatic N) is 1. The number of hydrogen-bond acceptors (Lipinski definition) is 4. The number of piperidine rings is 1. The highest BCUT2D eigenvalue weighted by atomic mass is 32.2. The lowest BCUT2D eigenvalue weighted by atomic mass is 9.97. The normalized spacial score (nSPS) is 15.8. The molecule has 0 unspecified atom stereocenters. The standard InChI is InChI=1S/C24H26N2O4S/c27-17-22-8-4-3-7-21(22)16-25-24(28)19-11-13-26(14-12-19)31(29,30)23-10-9-18-5-1-2-6-20(18)15-23/h1-10,15,19,27H,11-14,16-17H2,(H,25,28). The summed E-state index contributed by atoms with van der Waals surface area (Å²) >= 11 is 0. The summed E-state index contributed by atoms with van der Waals surface area (Å²) in [5.74, 6) is -0.292. The molecule has 3 aromatic carbocycles. The number of nitrogens with one attached hydrogen (secondary N) is 1. The Balaban J connectivity index is 1.37. The first-order valence-electron chi connectivity index (χ1n) is 10.4. The van der Waals surface area contributed by atoms with Gasteiger partial charge in [-0.25, -0.2) is 8.42 Å².